The standard InChI is InChI=1S/C30H35Cl2N3O5S/c1-6-28(30(37)33-20(2)3)34(18-22-9-12-24(40-5)13-10-22)29(36)19-35(23-11-16-26(31)27(32)17-23)41(38,39)25-14-7-21(4)8-15-25/h7-17,20,28H,6,18-19H2,1-5H3,(H,33,37). The zero-order valence-electron chi connectivity index (χ0n) is 23.7. The van der Waals surface area contributed by atoms with Crippen LogP contribution in [-0.4, -0.2) is 50.9 Å². The number of methoxy groups -OCH3 is 1. The number of carbonyl (C=O) groups is 2. The fourth-order valence-electron chi connectivity index (χ4n) is 4.23. The van der Waals surface area contributed by atoms with Crippen molar-refractivity contribution >= 4 is 50.7 Å². The van der Waals surface area contributed by atoms with Crippen molar-refractivity contribution in [3.63, 3.8) is 0 Å². The topological polar surface area (TPSA) is 96.0 Å². The van der Waals surface area contributed by atoms with Gasteiger partial charge in [0.2, 0.25) is 11.8 Å². The van der Waals surface area contributed by atoms with E-state index in [9.17, 15) is 18.0 Å². The number of aryl methyl sites for hydroxylation is 1. The van der Waals surface area contributed by atoms with E-state index in [2.05, 4.69) is 5.32 Å². The lowest BCUT2D eigenvalue weighted by molar-refractivity contribution is -0.140. The molecule has 41 heavy (non-hydrogen) atoms. The third-order valence-corrected chi connectivity index (χ3v) is 8.93. The van der Waals surface area contributed by atoms with Gasteiger partial charge in [0.05, 0.1) is 27.7 Å². The molecule has 0 aromatic heterocycles. The molecule has 0 fully saturated rings. The molecule has 0 aliphatic heterocycles. The van der Waals surface area contributed by atoms with Gasteiger partial charge in [0.25, 0.3) is 10.0 Å². The maximum Gasteiger partial charge on any atom is 0.264 e. The van der Waals surface area contributed by atoms with E-state index in [4.69, 9.17) is 27.9 Å². The van der Waals surface area contributed by atoms with E-state index >= 15 is 0 Å². The van der Waals surface area contributed by atoms with Crippen LogP contribution in [0.5, 0.6) is 5.75 Å². The number of benzene rings is 3. The number of amides is 2. The van der Waals surface area contributed by atoms with Crippen LogP contribution < -0.4 is 14.4 Å². The molecule has 1 atom stereocenters. The number of nitrogens with one attached hydrogen (secondary N) is 1. The Morgan fingerprint density at radius 2 is 1.59 bits per heavy atom. The third kappa shape index (κ3) is 8.15. The molecule has 0 aliphatic carbocycles. The predicted octanol–water partition coefficient (Wildman–Crippen LogP) is 5.84. The van der Waals surface area contributed by atoms with Gasteiger partial charge >= 0.3 is 0 Å². The van der Waals surface area contributed by atoms with Crippen molar-refractivity contribution < 1.29 is 22.7 Å². The maximum absolute atomic E-state index is 14.1. The van der Waals surface area contributed by atoms with Crippen molar-refractivity contribution in [2.75, 3.05) is 18.0 Å². The third-order valence-electron chi connectivity index (χ3n) is 6.41. The Morgan fingerprint density at radius 1 is 0.951 bits per heavy atom. The van der Waals surface area contributed by atoms with Crippen LogP contribution in [0.2, 0.25) is 10.0 Å². The number of anilines is 1. The second-order valence-electron chi connectivity index (χ2n) is 9.88. The molecule has 3 aromatic carbocycles. The highest BCUT2D eigenvalue weighted by Crippen LogP contribution is 2.31. The second kappa shape index (κ2) is 14.1. The van der Waals surface area contributed by atoms with Gasteiger partial charge in [-0.15, -0.1) is 0 Å². The molecule has 0 spiro atoms. The van der Waals surface area contributed by atoms with Gasteiger partial charge in [-0.3, -0.25) is 13.9 Å². The maximum atomic E-state index is 14.1. The summed E-state index contributed by atoms with van der Waals surface area (Å²) in [5.74, 6) is -0.244. The highest BCUT2D eigenvalue weighted by atomic mass is 35.5. The van der Waals surface area contributed by atoms with Crippen LogP contribution >= 0.6 is 23.2 Å². The van der Waals surface area contributed by atoms with Crippen LogP contribution in [0.3, 0.4) is 0 Å². The Balaban J connectivity index is 2.08. The Hall–Kier alpha value is -3.27. The van der Waals surface area contributed by atoms with Gasteiger partial charge in [-0.25, -0.2) is 8.42 Å². The molecule has 0 saturated heterocycles. The quantitative estimate of drug-likeness (QED) is 0.275. The number of halogens is 2. The van der Waals surface area contributed by atoms with E-state index in [1.807, 2.05) is 20.8 Å². The van der Waals surface area contributed by atoms with E-state index < -0.39 is 28.5 Å². The summed E-state index contributed by atoms with van der Waals surface area (Å²) >= 11 is 12.4. The molecule has 11 heteroatoms. The summed E-state index contributed by atoms with van der Waals surface area (Å²) in [5.41, 5.74) is 1.79. The van der Waals surface area contributed by atoms with E-state index in [-0.39, 0.29) is 39.1 Å². The number of rotatable bonds is 12. The van der Waals surface area contributed by atoms with E-state index in [1.54, 1.807) is 50.4 Å². The first-order chi connectivity index (χ1) is 19.4. The molecular weight excluding hydrogens is 585 g/mol. The van der Waals surface area contributed by atoms with Gasteiger partial charge in [0.15, 0.2) is 0 Å². The number of carbonyl (C=O) groups excluding carboxylic acids is 2. The van der Waals surface area contributed by atoms with Crippen LogP contribution in [-0.2, 0) is 26.2 Å². The predicted molar refractivity (Wildman–Crippen MR) is 163 cm³/mol. The number of sulfonamides is 1. The van der Waals surface area contributed by atoms with Crippen LogP contribution in [0.25, 0.3) is 0 Å². The number of hydrogen-bond donors (Lipinski definition) is 1. The van der Waals surface area contributed by atoms with Crippen molar-refractivity contribution in [1.82, 2.24) is 10.2 Å². The minimum Gasteiger partial charge on any atom is -0.497 e. The van der Waals surface area contributed by atoms with E-state index in [0.717, 1.165) is 15.4 Å². The lowest BCUT2D eigenvalue weighted by Crippen LogP contribution is -2.53. The molecule has 8 nitrogen and oxygen atoms in total. The second-order valence-corrected chi connectivity index (χ2v) is 12.6. The fourth-order valence-corrected chi connectivity index (χ4v) is 5.93. The molecule has 2 amide bonds. The molecule has 0 aliphatic rings. The summed E-state index contributed by atoms with van der Waals surface area (Å²) in [6.45, 7) is 6.82. The van der Waals surface area contributed by atoms with Gasteiger partial charge in [-0.2, -0.15) is 0 Å². The van der Waals surface area contributed by atoms with Crippen LogP contribution in [0.1, 0.15) is 38.3 Å². The average Bonchev–Trinajstić information content (AvgIpc) is 2.93. The van der Waals surface area contributed by atoms with Crippen LogP contribution in [0.15, 0.2) is 71.6 Å². The number of nitrogens with zero attached hydrogens (tertiary/aromatic N) is 2. The van der Waals surface area contributed by atoms with Crippen molar-refractivity contribution in [3.05, 3.63) is 87.9 Å². The first-order valence-corrected chi connectivity index (χ1v) is 15.3. The summed E-state index contributed by atoms with van der Waals surface area (Å²) in [7, 11) is -2.66. The first kappa shape index (κ1) is 32.2. The first-order valence-electron chi connectivity index (χ1n) is 13.1. The zero-order valence-corrected chi connectivity index (χ0v) is 26.1. The Labute approximate surface area is 252 Å². The molecule has 0 radical (unpaired) electrons. The monoisotopic (exact) mass is 619 g/mol. The van der Waals surface area contributed by atoms with Gasteiger partial charge in [0, 0.05) is 12.6 Å². The highest BCUT2D eigenvalue weighted by molar-refractivity contribution is 7.92. The zero-order chi connectivity index (χ0) is 30.3. The minimum absolute atomic E-state index is 0.00766. The Bertz CT molecular complexity index is 1460. The van der Waals surface area contributed by atoms with Crippen molar-refractivity contribution in [1.29, 1.82) is 0 Å². The molecule has 1 unspecified atom stereocenters. The minimum atomic E-state index is -4.22. The summed E-state index contributed by atoms with van der Waals surface area (Å²) in [4.78, 5) is 28.7. The van der Waals surface area contributed by atoms with E-state index in [0.29, 0.717) is 12.2 Å². The molecule has 3 rings (SSSR count). The van der Waals surface area contributed by atoms with E-state index in [1.165, 1.54) is 35.2 Å². The van der Waals surface area contributed by atoms with Crippen LogP contribution in [0, 0.1) is 6.92 Å². The average molecular weight is 621 g/mol. The summed E-state index contributed by atoms with van der Waals surface area (Å²) in [6, 6.07) is 16.8. The summed E-state index contributed by atoms with van der Waals surface area (Å²) < 4.78 is 34.1. The normalized spacial score (nSPS) is 12.1. The summed E-state index contributed by atoms with van der Waals surface area (Å²) in [6.07, 6.45) is 0.317. The molecule has 220 valence electrons. The highest BCUT2D eigenvalue weighted by Gasteiger charge is 2.34. The Morgan fingerprint density at radius 3 is 2.12 bits per heavy atom. The van der Waals surface area contributed by atoms with Crippen molar-refractivity contribution in [2.24, 2.45) is 0 Å². The molecule has 0 heterocycles. The smallest absolute Gasteiger partial charge is 0.264 e. The Kier molecular flexibility index (Phi) is 11.1. The number of hydrogen-bond acceptors (Lipinski definition) is 5. The molecule has 3 aromatic rings. The van der Waals surface area contributed by atoms with Gasteiger partial charge in [-0.1, -0.05) is 60.0 Å². The fraction of sp³-hybridized carbons (Fsp3) is 0.333. The van der Waals surface area contributed by atoms with Crippen molar-refractivity contribution in [2.45, 2.75) is 57.6 Å². The lowest BCUT2D eigenvalue weighted by Gasteiger charge is -2.33. The van der Waals surface area contributed by atoms with Gasteiger partial charge < -0.3 is 15.0 Å². The summed E-state index contributed by atoms with van der Waals surface area (Å²) in [5, 5.41) is 3.26. The largest absolute Gasteiger partial charge is 0.497 e. The molecular formula is C30H35Cl2N3O5S. The SMILES string of the molecule is CCC(C(=O)NC(C)C)N(Cc1ccc(OC)cc1)C(=O)CN(c1ccc(Cl)c(Cl)c1)S(=O)(=O)c1ccc(C)cc1. The lowest BCUT2D eigenvalue weighted by atomic mass is 10.1. The molecule has 0 bridgehead atoms. The van der Waals surface area contributed by atoms with Crippen LogP contribution in [0.4, 0.5) is 5.69 Å². The molecule has 0 saturated carbocycles. The number of ether oxygens (including phenoxy) is 1. The van der Waals surface area contributed by atoms with Crippen molar-refractivity contribution in [3.8, 4) is 5.75 Å². The van der Waals surface area contributed by atoms with Gasteiger partial charge in [0.1, 0.15) is 18.3 Å². The molecule has 1 N–H and O–H groups in total. The van der Waals surface area contributed by atoms with Gasteiger partial charge in [-0.05, 0) is 75.2 Å².